The van der Waals surface area contributed by atoms with Gasteiger partial charge < -0.3 is 39.4 Å². The molecule has 0 spiro atoms. The van der Waals surface area contributed by atoms with E-state index >= 15 is 0 Å². The Hall–Kier alpha value is -2.08. The second kappa shape index (κ2) is 34.4. The molecule has 0 aliphatic carbocycles. The molecule has 0 aromatic carbocycles. The van der Waals surface area contributed by atoms with Crippen molar-refractivity contribution in [3.8, 4) is 0 Å². The maximum Gasteiger partial charge on any atom is 0.306 e. The fourth-order valence-corrected chi connectivity index (χ4v) is 6.14. The number of allylic oxidation sites excluding steroid dienone is 6. The van der Waals surface area contributed by atoms with E-state index in [1.165, 1.54) is 89.9 Å². The van der Waals surface area contributed by atoms with Crippen molar-refractivity contribution in [1.82, 2.24) is 0 Å². The topological polar surface area (TPSA) is 152 Å². The van der Waals surface area contributed by atoms with Crippen molar-refractivity contribution < 1.29 is 49.0 Å². The third kappa shape index (κ3) is 26.4. The first-order valence-corrected chi connectivity index (χ1v) is 21.1. The van der Waals surface area contributed by atoms with Gasteiger partial charge >= 0.3 is 11.9 Å². The molecule has 0 aromatic rings. The molecular formula is C43H76O10. The minimum absolute atomic E-state index is 0.160. The number of aliphatic hydroxyl groups is 4. The molecule has 1 heterocycles. The Morgan fingerprint density at radius 2 is 1.08 bits per heavy atom. The van der Waals surface area contributed by atoms with Gasteiger partial charge in [-0.15, -0.1) is 0 Å². The van der Waals surface area contributed by atoms with Crippen LogP contribution in [0.5, 0.6) is 0 Å². The Bertz CT molecular complexity index is 965. The van der Waals surface area contributed by atoms with E-state index in [9.17, 15) is 30.0 Å². The van der Waals surface area contributed by atoms with Crippen LogP contribution in [0.3, 0.4) is 0 Å². The smallest absolute Gasteiger partial charge is 0.306 e. The highest BCUT2D eigenvalue weighted by Crippen LogP contribution is 2.22. The average Bonchev–Trinajstić information content (AvgIpc) is 3.15. The summed E-state index contributed by atoms with van der Waals surface area (Å²) in [7, 11) is 0. The van der Waals surface area contributed by atoms with Crippen molar-refractivity contribution in [2.24, 2.45) is 0 Å². The predicted octanol–water partition coefficient (Wildman–Crippen LogP) is 8.33. The summed E-state index contributed by atoms with van der Waals surface area (Å²) >= 11 is 0. The molecule has 1 fully saturated rings. The fraction of sp³-hybridized carbons (Fsp3) is 0.814. The average molecular weight is 753 g/mol. The molecular weight excluding hydrogens is 676 g/mol. The lowest BCUT2D eigenvalue weighted by atomic mass is 9.99. The molecule has 0 bridgehead atoms. The van der Waals surface area contributed by atoms with Gasteiger partial charge in [-0.2, -0.15) is 0 Å². The fourth-order valence-electron chi connectivity index (χ4n) is 6.14. The molecule has 1 aliphatic heterocycles. The number of hydrogen-bond acceptors (Lipinski definition) is 10. The van der Waals surface area contributed by atoms with Gasteiger partial charge in [0.15, 0.2) is 12.4 Å². The normalized spacial score (nSPS) is 21.2. The Kier molecular flexibility index (Phi) is 31.8. The second-order valence-corrected chi connectivity index (χ2v) is 14.4. The Labute approximate surface area is 321 Å². The summed E-state index contributed by atoms with van der Waals surface area (Å²) in [5, 5.41) is 40.0. The highest BCUT2D eigenvalue weighted by Gasteiger charge is 2.44. The van der Waals surface area contributed by atoms with E-state index in [0.29, 0.717) is 12.8 Å². The maximum atomic E-state index is 12.7. The van der Waals surface area contributed by atoms with Gasteiger partial charge in [-0.25, -0.2) is 0 Å². The van der Waals surface area contributed by atoms with Crippen LogP contribution < -0.4 is 0 Å². The quantitative estimate of drug-likeness (QED) is 0.0287. The van der Waals surface area contributed by atoms with E-state index < -0.39 is 55.4 Å². The van der Waals surface area contributed by atoms with E-state index in [2.05, 4.69) is 44.2 Å². The van der Waals surface area contributed by atoms with Crippen LogP contribution in [0.4, 0.5) is 0 Å². The van der Waals surface area contributed by atoms with Crippen LogP contribution >= 0.6 is 0 Å². The molecule has 308 valence electrons. The minimum Gasteiger partial charge on any atom is -0.462 e. The standard InChI is InChI=1S/C43H76O10/c1-3-5-7-9-11-13-15-16-17-18-19-20-22-24-26-28-30-32-39(46)52-36(35-51-43-42(49)41(48)40(47)37(33-44)53-43)34-50-38(45)31-29-27-25-23-21-14-12-10-8-6-4-2/h16-17,19-20,24,26,36-37,40-44,47-49H,3-15,18,21-23,25,27-35H2,1-2H3/b17-16+,20-19+,26-24+/t36-,37-,40+,41?,42?,43-/m1/s1. The first-order chi connectivity index (χ1) is 25.8. The van der Waals surface area contributed by atoms with Gasteiger partial charge in [0.25, 0.3) is 0 Å². The lowest BCUT2D eigenvalue weighted by molar-refractivity contribution is -0.305. The molecule has 0 saturated carbocycles. The molecule has 1 saturated heterocycles. The minimum atomic E-state index is -1.60. The zero-order valence-electron chi connectivity index (χ0n) is 33.3. The van der Waals surface area contributed by atoms with Gasteiger partial charge in [0, 0.05) is 12.8 Å². The summed E-state index contributed by atoms with van der Waals surface area (Å²) < 4.78 is 22.0. The summed E-state index contributed by atoms with van der Waals surface area (Å²) in [6, 6.07) is 0. The van der Waals surface area contributed by atoms with Crippen molar-refractivity contribution in [3.63, 3.8) is 0 Å². The largest absolute Gasteiger partial charge is 0.462 e. The number of aliphatic hydroxyl groups excluding tert-OH is 4. The van der Waals surface area contributed by atoms with Crippen LogP contribution in [0.1, 0.15) is 168 Å². The van der Waals surface area contributed by atoms with Crippen LogP contribution in [0.2, 0.25) is 0 Å². The molecule has 4 N–H and O–H groups in total. The Balaban J connectivity index is 2.40. The van der Waals surface area contributed by atoms with Gasteiger partial charge in [0.2, 0.25) is 0 Å². The first kappa shape index (κ1) is 48.9. The van der Waals surface area contributed by atoms with Crippen molar-refractivity contribution in [2.75, 3.05) is 19.8 Å². The van der Waals surface area contributed by atoms with Crippen molar-refractivity contribution in [2.45, 2.75) is 205 Å². The van der Waals surface area contributed by atoms with E-state index in [4.69, 9.17) is 18.9 Å². The molecule has 53 heavy (non-hydrogen) atoms. The lowest BCUT2D eigenvalue weighted by Crippen LogP contribution is -2.59. The Morgan fingerprint density at radius 1 is 0.585 bits per heavy atom. The van der Waals surface area contributed by atoms with E-state index in [1.54, 1.807) is 0 Å². The summed E-state index contributed by atoms with van der Waals surface area (Å²) in [6.45, 7) is 3.35. The highest BCUT2D eigenvalue weighted by molar-refractivity contribution is 5.70. The van der Waals surface area contributed by atoms with Crippen molar-refractivity contribution in [3.05, 3.63) is 36.5 Å². The monoisotopic (exact) mass is 753 g/mol. The Morgan fingerprint density at radius 3 is 1.64 bits per heavy atom. The van der Waals surface area contributed by atoms with Crippen LogP contribution in [0.15, 0.2) is 36.5 Å². The number of hydrogen-bond donors (Lipinski definition) is 4. The maximum absolute atomic E-state index is 12.7. The molecule has 0 amide bonds. The summed E-state index contributed by atoms with van der Waals surface area (Å²) in [5.41, 5.74) is 0. The number of carbonyl (C=O) groups is 2. The summed E-state index contributed by atoms with van der Waals surface area (Å²) in [4.78, 5) is 25.2. The van der Waals surface area contributed by atoms with E-state index in [-0.39, 0.29) is 26.1 Å². The second-order valence-electron chi connectivity index (χ2n) is 14.4. The predicted molar refractivity (Wildman–Crippen MR) is 210 cm³/mol. The molecule has 10 nitrogen and oxygen atoms in total. The zero-order chi connectivity index (χ0) is 38.8. The van der Waals surface area contributed by atoms with Crippen molar-refractivity contribution in [1.29, 1.82) is 0 Å². The molecule has 2 unspecified atom stereocenters. The van der Waals surface area contributed by atoms with E-state index in [1.807, 2.05) is 6.08 Å². The van der Waals surface area contributed by atoms with Gasteiger partial charge in [-0.3, -0.25) is 9.59 Å². The first-order valence-electron chi connectivity index (χ1n) is 21.1. The molecule has 1 rings (SSSR count). The van der Waals surface area contributed by atoms with Crippen LogP contribution in [-0.4, -0.2) is 89.0 Å². The van der Waals surface area contributed by atoms with Gasteiger partial charge in [0.05, 0.1) is 13.2 Å². The summed E-state index contributed by atoms with van der Waals surface area (Å²) in [5.74, 6) is -0.868. The number of carbonyl (C=O) groups excluding carboxylic acids is 2. The molecule has 6 atom stereocenters. The molecule has 0 aromatic heterocycles. The number of ether oxygens (including phenoxy) is 4. The molecule has 0 radical (unpaired) electrons. The third-order valence-electron chi connectivity index (χ3n) is 9.53. The third-order valence-corrected chi connectivity index (χ3v) is 9.53. The lowest BCUT2D eigenvalue weighted by Gasteiger charge is -2.39. The van der Waals surface area contributed by atoms with E-state index in [0.717, 1.165) is 38.5 Å². The van der Waals surface area contributed by atoms with Crippen LogP contribution in [0, 0.1) is 0 Å². The van der Waals surface area contributed by atoms with Crippen LogP contribution in [0.25, 0.3) is 0 Å². The SMILES string of the molecule is CCCCCCCC/C=C/C/C=C/C/C=C/CCCC(=O)O[C@H](COC(=O)CCCCCCCCCCCCC)CO[C@@H]1O[C@H](CO)[C@H](O)C(O)C1O. The van der Waals surface area contributed by atoms with Gasteiger partial charge in [-0.05, 0) is 44.9 Å². The van der Waals surface area contributed by atoms with Gasteiger partial charge in [-0.1, -0.05) is 147 Å². The molecule has 1 aliphatic rings. The zero-order valence-corrected chi connectivity index (χ0v) is 33.3. The summed E-state index contributed by atoms with van der Waals surface area (Å²) in [6.07, 6.45) is 30.2. The highest BCUT2D eigenvalue weighted by atomic mass is 16.7. The van der Waals surface area contributed by atoms with Crippen LogP contribution in [-0.2, 0) is 28.5 Å². The van der Waals surface area contributed by atoms with Gasteiger partial charge in [0.1, 0.15) is 31.0 Å². The molecule has 10 heteroatoms. The number of rotatable bonds is 34. The number of unbranched alkanes of at least 4 members (excludes halogenated alkanes) is 17. The number of esters is 2. The van der Waals surface area contributed by atoms with Crippen molar-refractivity contribution >= 4 is 11.9 Å².